The van der Waals surface area contributed by atoms with E-state index in [9.17, 15) is 9.90 Å². The molecule has 0 unspecified atom stereocenters. The van der Waals surface area contributed by atoms with Gasteiger partial charge in [-0.05, 0) is 31.0 Å². The number of hydrogen-bond donors (Lipinski definition) is 3. The zero-order valence-corrected chi connectivity index (χ0v) is 10.9. The first-order valence-electron chi connectivity index (χ1n) is 6.03. The Morgan fingerprint density at radius 1 is 1.50 bits per heavy atom. The normalized spacial score (nSPS) is 24.8. The highest BCUT2D eigenvalue weighted by atomic mass is 35.5. The van der Waals surface area contributed by atoms with Gasteiger partial charge in [0.05, 0.1) is 18.2 Å². The van der Waals surface area contributed by atoms with E-state index in [2.05, 4.69) is 10.6 Å². The summed E-state index contributed by atoms with van der Waals surface area (Å²) < 4.78 is 0. The summed E-state index contributed by atoms with van der Waals surface area (Å²) in [5, 5.41) is 16.0. The predicted molar refractivity (Wildman–Crippen MR) is 70.4 cm³/mol. The first kappa shape index (κ1) is 13.3. The van der Waals surface area contributed by atoms with Crippen molar-refractivity contribution in [3.8, 4) is 0 Å². The lowest BCUT2D eigenvalue weighted by Gasteiger charge is -2.17. The molecule has 2 rings (SSSR count). The molecule has 1 aliphatic rings. The second kappa shape index (κ2) is 5.69. The van der Waals surface area contributed by atoms with Gasteiger partial charge in [0.2, 0.25) is 5.91 Å². The number of aliphatic hydroxyl groups excluding tert-OH is 1. The smallest absolute Gasteiger partial charge is 0.237 e. The van der Waals surface area contributed by atoms with Gasteiger partial charge in [0.15, 0.2) is 0 Å². The molecule has 1 heterocycles. The highest BCUT2D eigenvalue weighted by molar-refractivity contribution is 6.30. The van der Waals surface area contributed by atoms with Crippen LogP contribution < -0.4 is 10.6 Å². The van der Waals surface area contributed by atoms with E-state index in [0.717, 1.165) is 5.56 Å². The van der Waals surface area contributed by atoms with Crippen molar-refractivity contribution in [1.29, 1.82) is 0 Å². The summed E-state index contributed by atoms with van der Waals surface area (Å²) in [6.45, 7) is 2.40. The quantitative estimate of drug-likeness (QED) is 0.773. The minimum Gasteiger partial charge on any atom is -0.392 e. The van der Waals surface area contributed by atoms with Crippen molar-refractivity contribution in [3.63, 3.8) is 0 Å². The molecule has 0 aromatic heterocycles. The standard InChI is InChI=1S/C13H17ClN2O2/c1-8(9-2-4-10(14)5-3-9)16-13(18)12-6-11(17)7-15-12/h2-5,8,11-12,15,17H,6-7H2,1H3,(H,16,18)/t8-,11-,12+/m0/s1. The van der Waals surface area contributed by atoms with Crippen LogP contribution in [0.15, 0.2) is 24.3 Å². The van der Waals surface area contributed by atoms with Crippen molar-refractivity contribution in [1.82, 2.24) is 10.6 Å². The molecule has 1 saturated heterocycles. The highest BCUT2D eigenvalue weighted by Gasteiger charge is 2.28. The van der Waals surface area contributed by atoms with Crippen molar-refractivity contribution in [2.45, 2.75) is 31.5 Å². The van der Waals surface area contributed by atoms with Crippen molar-refractivity contribution >= 4 is 17.5 Å². The maximum Gasteiger partial charge on any atom is 0.237 e. The molecule has 3 atom stereocenters. The van der Waals surface area contributed by atoms with Crippen molar-refractivity contribution in [2.24, 2.45) is 0 Å². The largest absolute Gasteiger partial charge is 0.392 e. The number of rotatable bonds is 3. The van der Waals surface area contributed by atoms with Gasteiger partial charge in [0.1, 0.15) is 0 Å². The van der Waals surface area contributed by atoms with E-state index in [-0.39, 0.29) is 18.0 Å². The van der Waals surface area contributed by atoms with Gasteiger partial charge in [-0.2, -0.15) is 0 Å². The molecule has 1 amide bonds. The third-order valence-corrected chi connectivity index (χ3v) is 3.40. The Bertz CT molecular complexity index is 422. The van der Waals surface area contributed by atoms with Gasteiger partial charge in [-0.3, -0.25) is 4.79 Å². The van der Waals surface area contributed by atoms with Crippen molar-refractivity contribution < 1.29 is 9.90 Å². The second-order valence-corrected chi connectivity index (χ2v) is 5.07. The number of benzene rings is 1. The average molecular weight is 269 g/mol. The molecule has 18 heavy (non-hydrogen) atoms. The Morgan fingerprint density at radius 3 is 2.72 bits per heavy atom. The molecule has 5 heteroatoms. The molecule has 0 radical (unpaired) electrons. The maximum atomic E-state index is 11.9. The minimum atomic E-state index is -0.424. The van der Waals surface area contributed by atoms with Crippen LogP contribution in [0.2, 0.25) is 5.02 Å². The molecular formula is C13H17ClN2O2. The summed E-state index contributed by atoms with van der Waals surface area (Å²) in [4.78, 5) is 11.9. The van der Waals surface area contributed by atoms with E-state index >= 15 is 0 Å². The van der Waals surface area contributed by atoms with Gasteiger partial charge in [-0.1, -0.05) is 23.7 Å². The van der Waals surface area contributed by atoms with Gasteiger partial charge in [0, 0.05) is 11.6 Å². The molecule has 0 spiro atoms. The number of carbonyl (C=O) groups is 1. The first-order chi connectivity index (χ1) is 8.56. The van der Waals surface area contributed by atoms with E-state index in [1.807, 2.05) is 19.1 Å². The number of hydrogen-bond acceptors (Lipinski definition) is 3. The average Bonchev–Trinajstić information content (AvgIpc) is 2.76. The molecule has 1 aromatic carbocycles. The molecule has 98 valence electrons. The van der Waals surface area contributed by atoms with Crippen molar-refractivity contribution in [3.05, 3.63) is 34.9 Å². The predicted octanol–water partition coefficient (Wildman–Crippen LogP) is 1.24. The summed E-state index contributed by atoms with van der Waals surface area (Å²) in [6.07, 6.45) is 0.0469. The van der Waals surface area contributed by atoms with Crippen LogP contribution in [0.3, 0.4) is 0 Å². The third kappa shape index (κ3) is 3.22. The van der Waals surface area contributed by atoms with Crippen LogP contribution in [0.5, 0.6) is 0 Å². The zero-order valence-electron chi connectivity index (χ0n) is 10.2. The van der Waals surface area contributed by atoms with E-state index in [0.29, 0.717) is 18.0 Å². The topological polar surface area (TPSA) is 61.4 Å². The van der Waals surface area contributed by atoms with Crippen LogP contribution in [0, 0.1) is 0 Å². The number of aliphatic hydroxyl groups is 1. The Kier molecular flexibility index (Phi) is 4.22. The number of amides is 1. The van der Waals surface area contributed by atoms with Gasteiger partial charge in [-0.15, -0.1) is 0 Å². The van der Waals surface area contributed by atoms with E-state index in [4.69, 9.17) is 11.6 Å². The molecular weight excluding hydrogens is 252 g/mol. The van der Waals surface area contributed by atoms with E-state index in [1.54, 1.807) is 12.1 Å². The van der Waals surface area contributed by atoms with Gasteiger partial charge in [-0.25, -0.2) is 0 Å². The van der Waals surface area contributed by atoms with Crippen LogP contribution >= 0.6 is 11.6 Å². The minimum absolute atomic E-state index is 0.0747. The van der Waals surface area contributed by atoms with Crippen LogP contribution in [-0.4, -0.2) is 29.7 Å². The zero-order chi connectivity index (χ0) is 13.1. The molecule has 4 nitrogen and oxygen atoms in total. The molecule has 1 aromatic rings. The molecule has 0 saturated carbocycles. The summed E-state index contributed by atoms with van der Waals surface area (Å²) in [6, 6.07) is 7.02. The first-order valence-corrected chi connectivity index (χ1v) is 6.41. The molecule has 0 bridgehead atoms. The fourth-order valence-electron chi connectivity index (χ4n) is 2.07. The second-order valence-electron chi connectivity index (χ2n) is 4.63. The molecule has 3 N–H and O–H groups in total. The summed E-state index contributed by atoms with van der Waals surface area (Å²) in [5.41, 5.74) is 1.01. The van der Waals surface area contributed by atoms with Crippen LogP contribution in [0.4, 0.5) is 0 Å². The van der Waals surface area contributed by atoms with Gasteiger partial charge >= 0.3 is 0 Å². The highest BCUT2D eigenvalue weighted by Crippen LogP contribution is 2.16. The van der Waals surface area contributed by atoms with Crippen LogP contribution in [-0.2, 0) is 4.79 Å². The van der Waals surface area contributed by atoms with Crippen molar-refractivity contribution in [2.75, 3.05) is 6.54 Å². The third-order valence-electron chi connectivity index (χ3n) is 3.15. The number of halogens is 1. The monoisotopic (exact) mass is 268 g/mol. The fourth-order valence-corrected chi connectivity index (χ4v) is 2.19. The maximum absolute atomic E-state index is 11.9. The van der Waals surface area contributed by atoms with Crippen LogP contribution in [0.25, 0.3) is 0 Å². The summed E-state index contributed by atoms with van der Waals surface area (Å²) >= 11 is 5.82. The van der Waals surface area contributed by atoms with E-state index < -0.39 is 6.10 Å². The Labute approximate surface area is 111 Å². The fraction of sp³-hybridized carbons (Fsp3) is 0.462. The Hall–Kier alpha value is -1.10. The molecule has 0 aliphatic carbocycles. The van der Waals surface area contributed by atoms with Crippen LogP contribution in [0.1, 0.15) is 24.9 Å². The summed E-state index contributed by atoms with van der Waals surface area (Å²) in [7, 11) is 0. The Balaban J connectivity index is 1.92. The Morgan fingerprint density at radius 2 is 2.17 bits per heavy atom. The number of nitrogens with one attached hydrogen (secondary N) is 2. The molecule has 1 fully saturated rings. The summed E-state index contributed by atoms with van der Waals surface area (Å²) in [5.74, 6) is -0.0750. The lowest BCUT2D eigenvalue weighted by atomic mass is 10.1. The lowest BCUT2D eigenvalue weighted by Crippen LogP contribution is -2.41. The van der Waals surface area contributed by atoms with Gasteiger partial charge in [0.25, 0.3) is 0 Å². The SMILES string of the molecule is C[C@H](NC(=O)[C@H]1C[C@H](O)CN1)c1ccc(Cl)cc1. The van der Waals surface area contributed by atoms with Gasteiger partial charge < -0.3 is 15.7 Å². The number of β-amino-alcohol motifs (C(OH)–C–C–N with tert-alkyl or cyclic N) is 1. The molecule has 1 aliphatic heterocycles. The lowest BCUT2D eigenvalue weighted by molar-refractivity contribution is -0.123. The number of carbonyl (C=O) groups excluding carboxylic acids is 1. The van der Waals surface area contributed by atoms with E-state index in [1.165, 1.54) is 0 Å².